The molecular formula is C18H27N3. The summed E-state index contributed by atoms with van der Waals surface area (Å²) < 4.78 is 2.36. The van der Waals surface area contributed by atoms with Crippen LogP contribution < -0.4 is 5.32 Å². The van der Waals surface area contributed by atoms with Gasteiger partial charge in [0, 0.05) is 42.8 Å². The largest absolute Gasteiger partial charge is 0.348 e. The Balaban J connectivity index is 2.10. The van der Waals surface area contributed by atoms with Crippen LogP contribution in [-0.4, -0.2) is 29.1 Å². The van der Waals surface area contributed by atoms with E-state index < -0.39 is 0 Å². The van der Waals surface area contributed by atoms with Gasteiger partial charge in [0.15, 0.2) is 0 Å². The molecule has 0 saturated carbocycles. The Labute approximate surface area is 127 Å². The Morgan fingerprint density at radius 1 is 1.24 bits per heavy atom. The number of benzene rings is 1. The third kappa shape index (κ3) is 2.39. The molecule has 2 aromatic rings. The van der Waals surface area contributed by atoms with Gasteiger partial charge in [0.1, 0.15) is 0 Å². The molecule has 1 aliphatic rings. The first-order valence-corrected chi connectivity index (χ1v) is 8.04. The topological polar surface area (TPSA) is 20.2 Å². The second-order valence-electron chi connectivity index (χ2n) is 6.46. The summed E-state index contributed by atoms with van der Waals surface area (Å²) in [7, 11) is 4.24. The van der Waals surface area contributed by atoms with Crippen molar-refractivity contribution in [3.05, 3.63) is 34.5 Å². The van der Waals surface area contributed by atoms with Gasteiger partial charge in [0.05, 0.1) is 0 Å². The van der Waals surface area contributed by atoms with Crippen molar-refractivity contribution in [2.75, 3.05) is 13.6 Å². The smallest absolute Gasteiger partial charge is 0.0486 e. The molecule has 0 aliphatic carbocycles. The minimum absolute atomic E-state index is 0.509. The van der Waals surface area contributed by atoms with Gasteiger partial charge in [-0.1, -0.05) is 6.92 Å². The lowest BCUT2D eigenvalue weighted by Gasteiger charge is -2.11. The van der Waals surface area contributed by atoms with E-state index in [2.05, 4.69) is 54.7 Å². The first-order valence-electron chi connectivity index (χ1n) is 8.04. The van der Waals surface area contributed by atoms with Crippen molar-refractivity contribution in [2.24, 2.45) is 7.05 Å². The minimum atomic E-state index is 0.509. The van der Waals surface area contributed by atoms with Crippen LogP contribution in [0.2, 0.25) is 0 Å². The lowest BCUT2D eigenvalue weighted by Crippen LogP contribution is -2.23. The molecule has 0 bridgehead atoms. The molecule has 1 aliphatic heterocycles. The number of aromatic nitrogens is 1. The number of hydrogen-bond acceptors (Lipinski definition) is 2. The maximum Gasteiger partial charge on any atom is 0.0486 e. The summed E-state index contributed by atoms with van der Waals surface area (Å²) in [4.78, 5) is 2.51. The highest BCUT2D eigenvalue weighted by Crippen LogP contribution is 2.32. The fraction of sp³-hybridized carbons (Fsp3) is 0.556. The van der Waals surface area contributed by atoms with Crippen molar-refractivity contribution in [3.8, 4) is 0 Å². The molecule has 0 spiro atoms. The molecule has 3 heteroatoms. The van der Waals surface area contributed by atoms with E-state index in [0.29, 0.717) is 6.04 Å². The van der Waals surface area contributed by atoms with E-state index in [-0.39, 0.29) is 0 Å². The summed E-state index contributed by atoms with van der Waals surface area (Å²) in [5.41, 5.74) is 7.34. The second kappa shape index (κ2) is 5.47. The molecule has 1 N–H and O–H groups in total. The third-order valence-electron chi connectivity index (χ3n) is 5.18. The van der Waals surface area contributed by atoms with Crippen molar-refractivity contribution in [3.63, 3.8) is 0 Å². The number of nitrogens with zero attached hydrogens (tertiary/aromatic N) is 2. The summed E-state index contributed by atoms with van der Waals surface area (Å²) in [5.74, 6) is 0. The number of likely N-dealkylation sites (N-methyl/N-ethyl adjacent to an activating group) is 1. The molecule has 0 fully saturated rings. The van der Waals surface area contributed by atoms with Gasteiger partial charge in [-0.05, 0) is 62.7 Å². The van der Waals surface area contributed by atoms with E-state index in [4.69, 9.17) is 0 Å². The number of aryl methyl sites for hydroxylation is 1. The third-order valence-corrected chi connectivity index (χ3v) is 5.18. The van der Waals surface area contributed by atoms with Gasteiger partial charge in [-0.2, -0.15) is 0 Å². The average Bonchev–Trinajstić information content (AvgIpc) is 2.99. The molecule has 0 radical (unpaired) electrons. The van der Waals surface area contributed by atoms with Crippen LogP contribution in [0, 0.1) is 6.92 Å². The predicted molar refractivity (Wildman–Crippen MR) is 89.7 cm³/mol. The van der Waals surface area contributed by atoms with Crippen LogP contribution in [0.4, 0.5) is 0 Å². The first-order chi connectivity index (χ1) is 10.0. The first kappa shape index (κ1) is 14.6. The Hall–Kier alpha value is -1.32. The van der Waals surface area contributed by atoms with Crippen molar-refractivity contribution >= 4 is 10.9 Å². The van der Waals surface area contributed by atoms with E-state index in [9.17, 15) is 0 Å². The fourth-order valence-corrected chi connectivity index (χ4v) is 3.50. The van der Waals surface area contributed by atoms with Gasteiger partial charge in [0.2, 0.25) is 0 Å². The van der Waals surface area contributed by atoms with Crippen LogP contribution in [0.25, 0.3) is 10.9 Å². The van der Waals surface area contributed by atoms with Gasteiger partial charge >= 0.3 is 0 Å². The minimum Gasteiger partial charge on any atom is -0.348 e. The Morgan fingerprint density at radius 3 is 2.52 bits per heavy atom. The van der Waals surface area contributed by atoms with Crippen LogP contribution >= 0.6 is 0 Å². The van der Waals surface area contributed by atoms with Crippen molar-refractivity contribution in [2.45, 2.75) is 46.3 Å². The summed E-state index contributed by atoms with van der Waals surface area (Å²) in [6, 6.07) is 5.38. The van der Waals surface area contributed by atoms with Crippen LogP contribution in [0.5, 0.6) is 0 Å². The quantitative estimate of drug-likeness (QED) is 0.932. The van der Waals surface area contributed by atoms with Gasteiger partial charge in [-0.3, -0.25) is 4.90 Å². The summed E-state index contributed by atoms with van der Waals surface area (Å²) >= 11 is 0. The van der Waals surface area contributed by atoms with Gasteiger partial charge < -0.3 is 9.88 Å². The molecule has 3 nitrogen and oxygen atoms in total. The van der Waals surface area contributed by atoms with Crippen molar-refractivity contribution < 1.29 is 0 Å². The highest BCUT2D eigenvalue weighted by atomic mass is 15.1. The van der Waals surface area contributed by atoms with Crippen LogP contribution in [0.15, 0.2) is 12.1 Å². The zero-order chi connectivity index (χ0) is 15.1. The van der Waals surface area contributed by atoms with E-state index in [1.807, 2.05) is 7.05 Å². The van der Waals surface area contributed by atoms with E-state index in [1.54, 1.807) is 0 Å². The maximum atomic E-state index is 3.37. The van der Waals surface area contributed by atoms with Gasteiger partial charge in [0.25, 0.3) is 0 Å². The molecule has 1 unspecified atom stereocenters. The Morgan fingerprint density at radius 2 is 1.90 bits per heavy atom. The summed E-state index contributed by atoms with van der Waals surface area (Å²) in [5, 5.41) is 4.82. The summed E-state index contributed by atoms with van der Waals surface area (Å²) in [6.07, 6.45) is 1.09. The molecule has 1 aromatic carbocycles. The lowest BCUT2D eigenvalue weighted by molar-refractivity contribution is 0.301. The van der Waals surface area contributed by atoms with E-state index >= 15 is 0 Å². The molecule has 1 aromatic heterocycles. The van der Waals surface area contributed by atoms with Crippen molar-refractivity contribution in [1.29, 1.82) is 0 Å². The molecule has 3 rings (SSSR count). The summed E-state index contributed by atoms with van der Waals surface area (Å²) in [6.45, 7) is 10.1. The normalized spacial score (nSPS) is 16.6. The van der Waals surface area contributed by atoms with Crippen LogP contribution in [0.1, 0.15) is 36.2 Å². The maximum absolute atomic E-state index is 3.37. The molecule has 114 valence electrons. The molecule has 21 heavy (non-hydrogen) atoms. The highest BCUT2D eigenvalue weighted by Gasteiger charge is 2.21. The Bertz CT molecular complexity index is 669. The molecule has 2 heterocycles. The fourth-order valence-electron chi connectivity index (χ4n) is 3.50. The highest BCUT2D eigenvalue weighted by molar-refractivity contribution is 5.87. The molecule has 0 saturated heterocycles. The number of hydrogen-bond donors (Lipinski definition) is 1. The van der Waals surface area contributed by atoms with Gasteiger partial charge in [-0.15, -0.1) is 0 Å². The van der Waals surface area contributed by atoms with Crippen LogP contribution in [0.3, 0.4) is 0 Å². The zero-order valence-electron chi connectivity index (χ0n) is 14.0. The average molecular weight is 285 g/mol. The molecule has 1 atom stereocenters. The predicted octanol–water partition coefficient (Wildman–Crippen LogP) is 2.97. The molecular weight excluding hydrogens is 258 g/mol. The SMILES string of the molecule is CCN1Cc2cc3c(CC(C)NC)c(C)n(C)c3cc2C1. The number of nitrogens with one attached hydrogen (secondary N) is 1. The zero-order valence-corrected chi connectivity index (χ0v) is 14.0. The monoisotopic (exact) mass is 285 g/mol. The lowest BCUT2D eigenvalue weighted by atomic mass is 10.0. The second-order valence-corrected chi connectivity index (χ2v) is 6.46. The Kier molecular flexibility index (Phi) is 3.80. The van der Waals surface area contributed by atoms with Crippen LogP contribution in [-0.2, 0) is 26.6 Å². The van der Waals surface area contributed by atoms with E-state index in [0.717, 1.165) is 26.1 Å². The number of fused-ring (bicyclic) bond motifs is 2. The van der Waals surface area contributed by atoms with E-state index in [1.165, 1.54) is 33.3 Å². The van der Waals surface area contributed by atoms with Gasteiger partial charge in [-0.25, -0.2) is 0 Å². The van der Waals surface area contributed by atoms with Crippen molar-refractivity contribution in [1.82, 2.24) is 14.8 Å². The number of rotatable bonds is 4. The standard InChI is InChI=1S/C18H27N3/c1-6-21-10-14-8-17-16(7-12(2)19-4)13(3)20(5)18(17)9-15(14)11-21/h8-9,12,19H,6-7,10-11H2,1-5H3. The molecule has 0 amide bonds.